The van der Waals surface area contributed by atoms with E-state index in [-0.39, 0.29) is 6.04 Å². The molecule has 1 heterocycles. The molecule has 2 aromatic rings. The Hall–Kier alpha value is -2.41. The smallest absolute Gasteiger partial charge is 0.316 e. The minimum absolute atomic E-state index is 0.181. The number of hydrogen-bond acceptors (Lipinski definition) is 5. The van der Waals surface area contributed by atoms with Gasteiger partial charge in [0.1, 0.15) is 0 Å². The van der Waals surface area contributed by atoms with Crippen molar-refractivity contribution in [3.05, 3.63) is 42.0 Å². The van der Waals surface area contributed by atoms with Crippen LogP contribution in [0, 0.1) is 0 Å². The quantitative estimate of drug-likeness (QED) is 0.740. The lowest BCUT2D eigenvalue weighted by atomic mass is 10.1. The highest BCUT2D eigenvalue weighted by Gasteiger charge is 2.06. The molecule has 1 aromatic heterocycles. The average molecular weight is 275 g/mol. The molecule has 4 N–H and O–H groups in total. The first-order chi connectivity index (χ1) is 9.65. The van der Waals surface area contributed by atoms with E-state index in [4.69, 9.17) is 10.3 Å². The van der Waals surface area contributed by atoms with E-state index in [1.807, 2.05) is 24.3 Å². The van der Waals surface area contributed by atoms with Gasteiger partial charge in [0, 0.05) is 24.7 Å². The van der Waals surface area contributed by atoms with Crippen molar-refractivity contribution in [1.82, 2.24) is 15.5 Å². The van der Waals surface area contributed by atoms with E-state index in [0.29, 0.717) is 18.0 Å². The predicted molar refractivity (Wildman–Crippen MR) is 74.1 cm³/mol. The second-order valence-electron chi connectivity index (χ2n) is 4.37. The third-order valence-corrected chi connectivity index (χ3v) is 2.87. The van der Waals surface area contributed by atoms with E-state index in [0.717, 1.165) is 12.1 Å². The number of amides is 2. The van der Waals surface area contributed by atoms with Gasteiger partial charge in [-0.3, -0.25) is 0 Å². The molecule has 1 unspecified atom stereocenters. The molecule has 2 rings (SSSR count). The molecule has 106 valence electrons. The van der Waals surface area contributed by atoms with Crippen LogP contribution in [-0.4, -0.2) is 22.7 Å². The molecule has 0 bridgehead atoms. The van der Waals surface area contributed by atoms with Gasteiger partial charge in [0.15, 0.2) is 6.33 Å². The summed E-state index contributed by atoms with van der Waals surface area (Å²) in [4.78, 5) is 14.7. The third-order valence-electron chi connectivity index (χ3n) is 2.87. The Kier molecular flexibility index (Phi) is 4.67. The van der Waals surface area contributed by atoms with Crippen molar-refractivity contribution >= 4 is 11.7 Å². The number of benzene rings is 1. The number of hydrogen-bond donors (Lipinski definition) is 3. The molecule has 0 aliphatic carbocycles. The molecule has 0 radical (unpaired) electrons. The third kappa shape index (κ3) is 4.06. The van der Waals surface area contributed by atoms with Crippen molar-refractivity contribution in [3.8, 4) is 0 Å². The van der Waals surface area contributed by atoms with Crippen LogP contribution in [0.1, 0.15) is 24.4 Å². The monoisotopic (exact) mass is 275 g/mol. The van der Waals surface area contributed by atoms with E-state index < -0.39 is 6.03 Å². The highest BCUT2D eigenvalue weighted by molar-refractivity contribution is 5.87. The molecule has 7 nitrogen and oxygen atoms in total. The molecule has 20 heavy (non-hydrogen) atoms. The number of rotatable bonds is 6. The highest BCUT2D eigenvalue weighted by Crippen LogP contribution is 2.15. The highest BCUT2D eigenvalue weighted by atomic mass is 16.5. The molecular formula is C13H17N5O2. The number of nitrogens with one attached hydrogen (secondary N) is 2. The SMILES string of the molecule is CC(NCCc1ncno1)c1ccc(NC(N)=O)cc1. The Morgan fingerprint density at radius 1 is 1.40 bits per heavy atom. The first-order valence-electron chi connectivity index (χ1n) is 6.30. The molecule has 0 fully saturated rings. The molecule has 7 heteroatoms. The Labute approximate surface area is 116 Å². The number of nitrogens with two attached hydrogens (primary N) is 1. The summed E-state index contributed by atoms with van der Waals surface area (Å²) < 4.78 is 4.92. The summed E-state index contributed by atoms with van der Waals surface area (Å²) in [6.07, 6.45) is 2.08. The number of nitrogens with zero attached hydrogens (tertiary/aromatic N) is 2. The van der Waals surface area contributed by atoms with Crippen LogP contribution in [0.5, 0.6) is 0 Å². The van der Waals surface area contributed by atoms with Gasteiger partial charge in [0.25, 0.3) is 0 Å². The molecule has 0 saturated heterocycles. The van der Waals surface area contributed by atoms with Gasteiger partial charge in [0.05, 0.1) is 0 Å². The zero-order chi connectivity index (χ0) is 14.4. The fourth-order valence-corrected chi connectivity index (χ4v) is 1.82. The van der Waals surface area contributed by atoms with Gasteiger partial charge < -0.3 is 20.9 Å². The van der Waals surface area contributed by atoms with E-state index in [1.165, 1.54) is 6.33 Å². The van der Waals surface area contributed by atoms with Crippen molar-refractivity contribution in [2.75, 3.05) is 11.9 Å². The van der Waals surface area contributed by atoms with E-state index >= 15 is 0 Å². The maximum atomic E-state index is 10.7. The summed E-state index contributed by atoms with van der Waals surface area (Å²) >= 11 is 0. The van der Waals surface area contributed by atoms with Crippen molar-refractivity contribution in [1.29, 1.82) is 0 Å². The van der Waals surface area contributed by atoms with Crippen LogP contribution in [-0.2, 0) is 6.42 Å². The van der Waals surface area contributed by atoms with Gasteiger partial charge in [-0.15, -0.1) is 0 Å². The number of urea groups is 1. The lowest BCUT2D eigenvalue weighted by Crippen LogP contribution is -2.22. The van der Waals surface area contributed by atoms with Crippen molar-refractivity contribution in [2.45, 2.75) is 19.4 Å². The molecule has 0 saturated carbocycles. The average Bonchev–Trinajstić information content (AvgIpc) is 2.92. The van der Waals surface area contributed by atoms with Gasteiger partial charge in [-0.05, 0) is 24.6 Å². The summed E-state index contributed by atoms with van der Waals surface area (Å²) in [7, 11) is 0. The summed E-state index contributed by atoms with van der Waals surface area (Å²) in [5.74, 6) is 0.616. The maximum absolute atomic E-state index is 10.7. The second-order valence-corrected chi connectivity index (χ2v) is 4.37. The topological polar surface area (TPSA) is 106 Å². The van der Waals surface area contributed by atoms with Crippen molar-refractivity contribution < 1.29 is 9.32 Å². The lowest BCUT2D eigenvalue weighted by Gasteiger charge is -2.14. The second kappa shape index (κ2) is 6.67. The Morgan fingerprint density at radius 3 is 2.75 bits per heavy atom. The maximum Gasteiger partial charge on any atom is 0.316 e. The number of aromatic nitrogens is 2. The van der Waals surface area contributed by atoms with Gasteiger partial charge in [-0.2, -0.15) is 4.98 Å². The van der Waals surface area contributed by atoms with Crippen LogP contribution >= 0.6 is 0 Å². The summed E-state index contributed by atoms with van der Waals surface area (Å²) in [6, 6.07) is 7.13. The zero-order valence-electron chi connectivity index (χ0n) is 11.2. The van der Waals surface area contributed by atoms with Crippen molar-refractivity contribution in [2.24, 2.45) is 5.73 Å². The molecule has 1 atom stereocenters. The van der Waals surface area contributed by atoms with Gasteiger partial charge in [-0.25, -0.2) is 4.79 Å². The molecule has 0 aliphatic rings. The minimum atomic E-state index is -0.566. The molecule has 0 aliphatic heterocycles. The van der Waals surface area contributed by atoms with Crippen LogP contribution in [0.3, 0.4) is 0 Å². The van der Waals surface area contributed by atoms with Crippen LogP contribution in [0.25, 0.3) is 0 Å². The van der Waals surface area contributed by atoms with E-state index in [2.05, 4.69) is 27.7 Å². The number of primary amides is 1. The molecule has 0 spiro atoms. The van der Waals surface area contributed by atoms with Crippen LogP contribution in [0.4, 0.5) is 10.5 Å². The number of carbonyl (C=O) groups excluding carboxylic acids is 1. The molecule has 2 amide bonds. The lowest BCUT2D eigenvalue weighted by molar-refractivity contribution is 0.259. The largest absolute Gasteiger partial charge is 0.351 e. The predicted octanol–water partition coefficient (Wildman–Crippen LogP) is 1.45. The van der Waals surface area contributed by atoms with Crippen LogP contribution in [0.15, 0.2) is 35.1 Å². The van der Waals surface area contributed by atoms with E-state index in [1.54, 1.807) is 0 Å². The van der Waals surface area contributed by atoms with Gasteiger partial charge in [-0.1, -0.05) is 17.3 Å². The minimum Gasteiger partial charge on any atom is -0.351 e. The molecule has 1 aromatic carbocycles. The molecular weight excluding hydrogens is 258 g/mol. The van der Waals surface area contributed by atoms with Gasteiger partial charge >= 0.3 is 6.03 Å². The fourth-order valence-electron chi connectivity index (χ4n) is 1.82. The Balaban J connectivity index is 1.82. The summed E-state index contributed by atoms with van der Waals surface area (Å²) in [5.41, 5.74) is 6.85. The van der Waals surface area contributed by atoms with Crippen LogP contribution in [0.2, 0.25) is 0 Å². The zero-order valence-corrected chi connectivity index (χ0v) is 11.2. The Bertz CT molecular complexity index is 538. The summed E-state index contributed by atoms with van der Waals surface area (Å²) in [5, 5.41) is 9.43. The van der Waals surface area contributed by atoms with E-state index in [9.17, 15) is 4.79 Å². The number of carbonyl (C=O) groups is 1. The Morgan fingerprint density at radius 2 is 2.15 bits per heavy atom. The first-order valence-corrected chi connectivity index (χ1v) is 6.30. The van der Waals surface area contributed by atoms with Crippen molar-refractivity contribution in [3.63, 3.8) is 0 Å². The standard InChI is InChI=1S/C13H17N5O2/c1-9(15-7-6-12-16-8-17-20-12)10-2-4-11(5-3-10)18-13(14)19/h2-5,8-9,15H,6-7H2,1H3,(H3,14,18,19). The fraction of sp³-hybridized carbons (Fsp3) is 0.308. The first kappa shape index (κ1) is 14.0. The van der Waals surface area contributed by atoms with Crippen LogP contribution < -0.4 is 16.4 Å². The normalized spacial score (nSPS) is 12.1. The number of anilines is 1. The summed E-state index contributed by atoms with van der Waals surface area (Å²) in [6.45, 7) is 2.80. The van der Waals surface area contributed by atoms with Gasteiger partial charge in [0.2, 0.25) is 5.89 Å².